The first-order valence-electron chi connectivity index (χ1n) is 7.49. The number of carbonyl (C=O) groups is 1. The molecule has 1 fully saturated rings. The smallest absolute Gasteiger partial charge is 0.314 e. The van der Waals surface area contributed by atoms with Gasteiger partial charge in [-0.15, -0.1) is 0 Å². The van der Waals surface area contributed by atoms with Crippen LogP contribution in [0, 0.1) is 17.6 Å². The van der Waals surface area contributed by atoms with Crippen molar-refractivity contribution in [1.82, 2.24) is 10.6 Å². The average Bonchev–Trinajstić information content (AvgIpc) is 3.23. The van der Waals surface area contributed by atoms with Crippen LogP contribution < -0.4 is 10.6 Å². The van der Waals surface area contributed by atoms with E-state index in [1.165, 1.54) is 12.1 Å². The second kappa shape index (κ2) is 6.60. The number of nitrogens with one attached hydrogen (secondary N) is 2. The van der Waals surface area contributed by atoms with Crippen LogP contribution in [0.3, 0.4) is 0 Å². The zero-order valence-corrected chi connectivity index (χ0v) is 12.8. The normalized spacial score (nSPS) is 17.2. The fraction of sp³-hybridized carbons (Fsp3) is 0.562. The number of urea groups is 1. The average molecular weight is 312 g/mol. The van der Waals surface area contributed by atoms with E-state index in [0.717, 1.165) is 18.9 Å². The number of hydrogen-bond donors (Lipinski definition) is 3. The highest BCUT2D eigenvalue weighted by Gasteiger charge is 2.46. The van der Waals surface area contributed by atoms with Gasteiger partial charge in [-0.05, 0) is 30.4 Å². The van der Waals surface area contributed by atoms with E-state index < -0.39 is 29.2 Å². The van der Waals surface area contributed by atoms with Crippen LogP contribution >= 0.6 is 0 Å². The molecule has 0 saturated heterocycles. The van der Waals surface area contributed by atoms with Gasteiger partial charge in [0.05, 0.1) is 6.10 Å². The third-order valence-electron chi connectivity index (χ3n) is 4.18. The molecule has 1 aromatic carbocycles. The van der Waals surface area contributed by atoms with Gasteiger partial charge < -0.3 is 15.7 Å². The minimum Gasteiger partial charge on any atom is -0.391 e. The minimum atomic E-state index is -0.606. The Morgan fingerprint density at radius 2 is 2.00 bits per heavy atom. The predicted molar refractivity (Wildman–Crippen MR) is 79.5 cm³/mol. The molecule has 1 saturated carbocycles. The molecule has 0 aliphatic heterocycles. The Morgan fingerprint density at radius 3 is 2.55 bits per heavy atom. The van der Waals surface area contributed by atoms with Crippen LogP contribution in [0.25, 0.3) is 0 Å². The van der Waals surface area contributed by atoms with Gasteiger partial charge in [-0.25, -0.2) is 13.6 Å². The van der Waals surface area contributed by atoms with E-state index in [2.05, 4.69) is 10.6 Å². The van der Waals surface area contributed by atoms with Crippen molar-refractivity contribution in [2.75, 3.05) is 13.1 Å². The number of rotatable bonds is 6. The predicted octanol–water partition coefficient (Wildman–Crippen LogP) is 2.31. The molecular formula is C16H22F2N2O2. The fourth-order valence-electron chi connectivity index (χ4n) is 2.36. The van der Waals surface area contributed by atoms with E-state index in [-0.39, 0.29) is 12.5 Å². The zero-order chi connectivity index (χ0) is 16.3. The van der Waals surface area contributed by atoms with E-state index in [1.54, 1.807) is 0 Å². The van der Waals surface area contributed by atoms with Gasteiger partial charge in [-0.1, -0.05) is 19.9 Å². The van der Waals surface area contributed by atoms with Crippen molar-refractivity contribution >= 4 is 6.03 Å². The summed E-state index contributed by atoms with van der Waals surface area (Å²) in [4.78, 5) is 11.7. The monoisotopic (exact) mass is 312 g/mol. The van der Waals surface area contributed by atoms with E-state index >= 15 is 0 Å². The molecular weight excluding hydrogens is 290 g/mol. The maximum atomic E-state index is 13.9. The molecule has 22 heavy (non-hydrogen) atoms. The number of halogens is 2. The van der Waals surface area contributed by atoms with Gasteiger partial charge in [0.25, 0.3) is 0 Å². The quantitative estimate of drug-likeness (QED) is 0.755. The molecule has 1 aliphatic rings. The van der Waals surface area contributed by atoms with Crippen LogP contribution in [-0.2, 0) is 5.41 Å². The molecule has 6 heteroatoms. The van der Waals surface area contributed by atoms with Crippen LogP contribution in [0.1, 0.15) is 32.3 Å². The molecule has 3 N–H and O–H groups in total. The molecule has 0 radical (unpaired) electrons. The molecule has 0 spiro atoms. The molecule has 1 aliphatic carbocycles. The molecule has 4 nitrogen and oxygen atoms in total. The second-order valence-electron chi connectivity index (χ2n) is 6.28. The molecule has 0 heterocycles. The van der Waals surface area contributed by atoms with E-state index in [0.29, 0.717) is 12.1 Å². The molecule has 122 valence electrons. The van der Waals surface area contributed by atoms with Gasteiger partial charge >= 0.3 is 6.03 Å². The minimum absolute atomic E-state index is 0.0587. The molecule has 1 unspecified atom stereocenters. The first-order valence-corrected chi connectivity index (χ1v) is 7.49. The van der Waals surface area contributed by atoms with Gasteiger partial charge in [-0.2, -0.15) is 0 Å². The Labute approximate surface area is 128 Å². The first kappa shape index (κ1) is 16.7. The Balaban J connectivity index is 1.87. The largest absolute Gasteiger partial charge is 0.391 e. The Kier molecular flexibility index (Phi) is 5.01. The highest BCUT2D eigenvalue weighted by Crippen LogP contribution is 2.48. The van der Waals surface area contributed by atoms with Gasteiger partial charge in [0.1, 0.15) is 11.6 Å². The number of hydrogen-bond acceptors (Lipinski definition) is 2. The van der Waals surface area contributed by atoms with E-state index in [4.69, 9.17) is 0 Å². The van der Waals surface area contributed by atoms with Crippen molar-refractivity contribution in [2.45, 2.75) is 38.2 Å². The van der Waals surface area contributed by atoms with Crippen molar-refractivity contribution in [2.24, 2.45) is 5.92 Å². The highest BCUT2D eigenvalue weighted by atomic mass is 19.1. The van der Waals surface area contributed by atoms with Crippen molar-refractivity contribution in [3.8, 4) is 0 Å². The number of carbonyl (C=O) groups excluding carboxylic acids is 1. The van der Waals surface area contributed by atoms with E-state index in [9.17, 15) is 18.7 Å². The van der Waals surface area contributed by atoms with Gasteiger partial charge in [-0.3, -0.25) is 0 Å². The molecule has 2 amide bonds. The van der Waals surface area contributed by atoms with Crippen LogP contribution in [-0.4, -0.2) is 30.3 Å². The van der Waals surface area contributed by atoms with Crippen molar-refractivity contribution in [3.63, 3.8) is 0 Å². The lowest BCUT2D eigenvalue weighted by Gasteiger charge is -2.19. The van der Waals surface area contributed by atoms with Gasteiger partial charge in [0.15, 0.2) is 0 Å². The maximum absolute atomic E-state index is 13.9. The Morgan fingerprint density at radius 1 is 1.32 bits per heavy atom. The molecule has 1 atom stereocenters. The summed E-state index contributed by atoms with van der Waals surface area (Å²) in [5.74, 6) is -1.12. The lowest BCUT2D eigenvalue weighted by Crippen LogP contribution is -2.43. The fourth-order valence-corrected chi connectivity index (χ4v) is 2.36. The second-order valence-corrected chi connectivity index (χ2v) is 6.28. The summed E-state index contributed by atoms with van der Waals surface area (Å²) in [5.41, 5.74) is 0.00242. The third kappa shape index (κ3) is 3.94. The summed E-state index contributed by atoms with van der Waals surface area (Å²) in [6.07, 6.45) is 0.907. The number of aliphatic hydroxyl groups is 1. The summed E-state index contributed by atoms with van der Waals surface area (Å²) < 4.78 is 26.8. The topological polar surface area (TPSA) is 61.4 Å². The standard InChI is InChI=1S/C16H22F2N2O2/c1-10(2)14(21)8-19-15(22)20-9-16(5-6-16)12-4-3-11(17)7-13(12)18/h3-4,7,10,14,21H,5-6,8-9H2,1-2H3,(H2,19,20,22). The van der Waals surface area contributed by atoms with Crippen molar-refractivity contribution in [3.05, 3.63) is 35.4 Å². The van der Waals surface area contributed by atoms with Crippen LogP contribution in [0.2, 0.25) is 0 Å². The molecule has 2 rings (SSSR count). The van der Waals surface area contributed by atoms with Crippen LogP contribution in [0.15, 0.2) is 18.2 Å². The van der Waals surface area contributed by atoms with E-state index in [1.807, 2.05) is 13.8 Å². The number of aliphatic hydroxyl groups excluding tert-OH is 1. The van der Waals surface area contributed by atoms with Crippen LogP contribution in [0.4, 0.5) is 13.6 Å². The lowest BCUT2D eigenvalue weighted by atomic mass is 9.95. The highest BCUT2D eigenvalue weighted by molar-refractivity contribution is 5.74. The SMILES string of the molecule is CC(C)C(O)CNC(=O)NCC1(c2ccc(F)cc2F)CC1. The summed E-state index contributed by atoms with van der Waals surface area (Å²) in [7, 11) is 0. The summed E-state index contributed by atoms with van der Waals surface area (Å²) in [6.45, 7) is 4.18. The summed E-state index contributed by atoms with van der Waals surface area (Å²) >= 11 is 0. The van der Waals surface area contributed by atoms with Gasteiger partial charge in [0.2, 0.25) is 0 Å². The number of amides is 2. The zero-order valence-electron chi connectivity index (χ0n) is 12.8. The molecule has 1 aromatic rings. The summed E-state index contributed by atoms with van der Waals surface area (Å²) in [6, 6.07) is 3.15. The van der Waals surface area contributed by atoms with Crippen molar-refractivity contribution in [1.29, 1.82) is 0 Å². The molecule has 0 bridgehead atoms. The lowest BCUT2D eigenvalue weighted by molar-refractivity contribution is 0.125. The van der Waals surface area contributed by atoms with Crippen LogP contribution in [0.5, 0.6) is 0 Å². The first-order chi connectivity index (χ1) is 10.3. The van der Waals surface area contributed by atoms with Gasteiger partial charge in [0, 0.05) is 24.6 Å². The Hall–Kier alpha value is -1.69. The molecule has 0 aromatic heterocycles. The number of benzene rings is 1. The van der Waals surface area contributed by atoms with Crippen molar-refractivity contribution < 1.29 is 18.7 Å². The maximum Gasteiger partial charge on any atom is 0.314 e. The third-order valence-corrected chi connectivity index (χ3v) is 4.18. The Bertz CT molecular complexity index is 545. The summed E-state index contributed by atoms with van der Waals surface area (Å²) in [5, 5.41) is 14.9.